The number of piperidine rings is 1. The molecular weight excluding hydrogens is 230 g/mol. The van der Waals surface area contributed by atoms with E-state index in [1.54, 1.807) is 0 Å². The highest BCUT2D eigenvalue weighted by Crippen LogP contribution is 2.13. The Morgan fingerprint density at radius 2 is 2.00 bits per heavy atom. The molecule has 1 rings (SSSR count). The summed E-state index contributed by atoms with van der Waals surface area (Å²) in [5.74, 6) is 0.157. The summed E-state index contributed by atoms with van der Waals surface area (Å²) in [5, 5.41) is 3.02. The van der Waals surface area contributed by atoms with Crippen LogP contribution in [0.15, 0.2) is 0 Å². The largest absolute Gasteiger partial charge is 0.353 e. The van der Waals surface area contributed by atoms with Gasteiger partial charge in [-0.2, -0.15) is 0 Å². The molecule has 3 N–H and O–H groups in total. The van der Waals surface area contributed by atoms with E-state index in [0.29, 0.717) is 13.0 Å². The molecule has 1 saturated heterocycles. The summed E-state index contributed by atoms with van der Waals surface area (Å²) in [6, 6.07) is 0.223. The number of likely N-dealkylation sites (tertiary alicyclic amines) is 1. The van der Waals surface area contributed by atoms with Gasteiger partial charge in [-0.25, -0.2) is 0 Å². The molecule has 1 aliphatic heterocycles. The lowest BCUT2D eigenvalue weighted by Gasteiger charge is -2.33. The lowest BCUT2D eigenvalue weighted by Crippen LogP contribution is -2.48. The predicted octanol–water partition coefficient (Wildman–Crippen LogP) is 0.489. The lowest BCUT2D eigenvalue weighted by molar-refractivity contribution is -0.135. The van der Waals surface area contributed by atoms with Gasteiger partial charge in [-0.1, -0.05) is 13.8 Å². The van der Waals surface area contributed by atoms with Crippen molar-refractivity contribution in [1.82, 2.24) is 10.2 Å². The van der Waals surface area contributed by atoms with Gasteiger partial charge in [0.2, 0.25) is 11.8 Å². The molecule has 1 aliphatic rings. The number of rotatable bonds is 5. The first-order chi connectivity index (χ1) is 8.58. The Morgan fingerprint density at radius 1 is 1.39 bits per heavy atom. The standard InChI is InChI=1S/C13H25N3O2/c1-3-4-12(17)15-11-5-7-16(8-6-11)13(18)10(2)9-14/h10-11H,3-9,14H2,1-2H3,(H,15,17). The molecule has 18 heavy (non-hydrogen) atoms. The van der Waals surface area contributed by atoms with Crippen LogP contribution in [0.1, 0.15) is 39.5 Å². The molecule has 0 aliphatic carbocycles. The number of hydrogen-bond donors (Lipinski definition) is 2. The quantitative estimate of drug-likeness (QED) is 0.750. The minimum absolute atomic E-state index is 0.101. The lowest BCUT2D eigenvalue weighted by atomic mass is 10.0. The van der Waals surface area contributed by atoms with Crippen LogP contribution in [0.25, 0.3) is 0 Å². The van der Waals surface area contributed by atoms with Crippen molar-refractivity contribution in [3.8, 4) is 0 Å². The van der Waals surface area contributed by atoms with E-state index < -0.39 is 0 Å². The fraction of sp³-hybridized carbons (Fsp3) is 0.846. The maximum atomic E-state index is 11.9. The fourth-order valence-corrected chi connectivity index (χ4v) is 2.18. The number of hydrogen-bond acceptors (Lipinski definition) is 3. The van der Waals surface area contributed by atoms with E-state index in [1.165, 1.54) is 0 Å². The summed E-state index contributed by atoms with van der Waals surface area (Å²) in [6.07, 6.45) is 3.15. The SMILES string of the molecule is CCCC(=O)NC1CCN(C(=O)C(C)CN)CC1. The van der Waals surface area contributed by atoms with Crippen LogP contribution in [0.5, 0.6) is 0 Å². The highest BCUT2D eigenvalue weighted by Gasteiger charge is 2.25. The van der Waals surface area contributed by atoms with Crippen molar-refractivity contribution in [2.75, 3.05) is 19.6 Å². The maximum absolute atomic E-state index is 11.9. The summed E-state index contributed by atoms with van der Waals surface area (Å²) >= 11 is 0. The molecule has 1 fully saturated rings. The summed E-state index contributed by atoms with van der Waals surface area (Å²) < 4.78 is 0. The predicted molar refractivity (Wildman–Crippen MR) is 70.9 cm³/mol. The van der Waals surface area contributed by atoms with Crippen LogP contribution in [0.2, 0.25) is 0 Å². The Kier molecular flexibility index (Phi) is 6.12. The van der Waals surface area contributed by atoms with E-state index in [2.05, 4.69) is 5.32 Å². The van der Waals surface area contributed by atoms with Crippen LogP contribution >= 0.6 is 0 Å². The van der Waals surface area contributed by atoms with Gasteiger partial charge >= 0.3 is 0 Å². The molecule has 0 aromatic heterocycles. The van der Waals surface area contributed by atoms with Crippen molar-refractivity contribution in [1.29, 1.82) is 0 Å². The minimum atomic E-state index is -0.101. The van der Waals surface area contributed by atoms with E-state index >= 15 is 0 Å². The Bertz CT molecular complexity index is 286. The van der Waals surface area contributed by atoms with Crippen molar-refractivity contribution in [2.24, 2.45) is 11.7 Å². The maximum Gasteiger partial charge on any atom is 0.226 e. The Morgan fingerprint density at radius 3 is 2.50 bits per heavy atom. The molecule has 0 aromatic carbocycles. The molecule has 5 heteroatoms. The van der Waals surface area contributed by atoms with Gasteiger partial charge in [0.1, 0.15) is 0 Å². The van der Waals surface area contributed by atoms with Gasteiger partial charge in [0.15, 0.2) is 0 Å². The monoisotopic (exact) mass is 255 g/mol. The molecule has 1 unspecified atom stereocenters. The van der Waals surface area contributed by atoms with Crippen LogP contribution in [0.4, 0.5) is 0 Å². The van der Waals surface area contributed by atoms with Crippen molar-refractivity contribution in [3.63, 3.8) is 0 Å². The highest BCUT2D eigenvalue weighted by atomic mass is 16.2. The number of amides is 2. The Balaban J connectivity index is 2.32. The molecule has 1 heterocycles. The first-order valence-corrected chi connectivity index (χ1v) is 6.86. The zero-order valence-corrected chi connectivity index (χ0v) is 11.4. The van der Waals surface area contributed by atoms with Gasteiger partial charge in [-0.3, -0.25) is 9.59 Å². The van der Waals surface area contributed by atoms with Gasteiger partial charge in [0.25, 0.3) is 0 Å². The van der Waals surface area contributed by atoms with E-state index in [1.807, 2.05) is 18.7 Å². The van der Waals surface area contributed by atoms with Crippen LogP contribution in [-0.4, -0.2) is 42.4 Å². The van der Waals surface area contributed by atoms with Gasteiger partial charge in [0, 0.05) is 38.0 Å². The molecule has 0 spiro atoms. The van der Waals surface area contributed by atoms with Gasteiger partial charge in [-0.15, -0.1) is 0 Å². The number of nitrogens with one attached hydrogen (secondary N) is 1. The zero-order chi connectivity index (χ0) is 13.5. The number of carbonyl (C=O) groups is 2. The summed E-state index contributed by atoms with van der Waals surface area (Å²) in [4.78, 5) is 25.3. The van der Waals surface area contributed by atoms with Crippen molar-refractivity contribution in [3.05, 3.63) is 0 Å². The summed E-state index contributed by atoms with van der Waals surface area (Å²) in [7, 11) is 0. The molecule has 0 bridgehead atoms. The van der Waals surface area contributed by atoms with Crippen LogP contribution < -0.4 is 11.1 Å². The molecule has 0 aromatic rings. The number of carbonyl (C=O) groups excluding carboxylic acids is 2. The highest BCUT2D eigenvalue weighted by molar-refractivity contribution is 5.79. The molecule has 0 radical (unpaired) electrons. The first-order valence-electron chi connectivity index (χ1n) is 6.86. The number of nitrogens with two attached hydrogens (primary N) is 1. The molecule has 5 nitrogen and oxygen atoms in total. The molecule has 104 valence electrons. The summed E-state index contributed by atoms with van der Waals surface area (Å²) in [5.41, 5.74) is 5.50. The van der Waals surface area contributed by atoms with E-state index in [0.717, 1.165) is 32.4 Å². The number of nitrogens with zero attached hydrogens (tertiary/aromatic N) is 1. The molecule has 2 amide bonds. The third-order valence-corrected chi connectivity index (χ3v) is 3.42. The van der Waals surface area contributed by atoms with E-state index in [-0.39, 0.29) is 23.8 Å². The minimum Gasteiger partial charge on any atom is -0.353 e. The second-order valence-corrected chi connectivity index (χ2v) is 5.05. The van der Waals surface area contributed by atoms with E-state index in [9.17, 15) is 9.59 Å². The van der Waals surface area contributed by atoms with E-state index in [4.69, 9.17) is 5.73 Å². The van der Waals surface area contributed by atoms with Gasteiger partial charge in [0.05, 0.1) is 0 Å². The van der Waals surface area contributed by atoms with Crippen molar-refractivity contribution < 1.29 is 9.59 Å². The second-order valence-electron chi connectivity index (χ2n) is 5.05. The second kappa shape index (κ2) is 7.36. The molecule has 1 atom stereocenters. The topological polar surface area (TPSA) is 75.4 Å². The van der Waals surface area contributed by atoms with Crippen molar-refractivity contribution in [2.45, 2.75) is 45.6 Å². The van der Waals surface area contributed by atoms with Crippen LogP contribution in [-0.2, 0) is 9.59 Å². The average Bonchev–Trinajstić information content (AvgIpc) is 2.38. The van der Waals surface area contributed by atoms with Gasteiger partial charge in [-0.05, 0) is 19.3 Å². The van der Waals surface area contributed by atoms with Gasteiger partial charge < -0.3 is 16.0 Å². The van der Waals surface area contributed by atoms with Crippen LogP contribution in [0, 0.1) is 5.92 Å². The normalized spacial score (nSPS) is 18.5. The molecule has 0 saturated carbocycles. The first kappa shape index (κ1) is 15.0. The zero-order valence-electron chi connectivity index (χ0n) is 11.4. The Labute approximate surface area is 109 Å². The third kappa shape index (κ3) is 4.29. The fourth-order valence-electron chi connectivity index (χ4n) is 2.18. The van der Waals surface area contributed by atoms with Crippen molar-refractivity contribution >= 4 is 11.8 Å². The van der Waals surface area contributed by atoms with Crippen LogP contribution in [0.3, 0.4) is 0 Å². The average molecular weight is 255 g/mol. The smallest absolute Gasteiger partial charge is 0.226 e. The molecular formula is C13H25N3O2. The third-order valence-electron chi connectivity index (χ3n) is 3.42. The summed E-state index contributed by atoms with van der Waals surface area (Å²) in [6.45, 7) is 5.69. The Hall–Kier alpha value is -1.10.